The highest BCUT2D eigenvalue weighted by atomic mass is 16.4. The van der Waals surface area contributed by atoms with Crippen LogP contribution in [0.4, 0.5) is 0 Å². The fourth-order valence-electron chi connectivity index (χ4n) is 2.74. The number of carboxylic acids is 1. The monoisotopic (exact) mass is 312 g/mol. The third-order valence-electron chi connectivity index (χ3n) is 3.83. The summed E-state index contributed by atoms with van der Waals surface area (Å²) < 4.78 is 0. The van der Waals surface area contributed by atoms with E-state index in [1.807, 2.05) is 27.7 Å². The maximum Gasteiger partial charge on any atom is 0.305 e. The van der Waals surface area contributed by atoms with Crippen molar-refractivity contribution in [2.75, 3.05) is 19.6 Å². The second-order valence-electron chi connectivity index (χ2n) is 7.04. The van der Waals surface area contributed by atoms with Gasteiger partial charge in [-0.25, -0.2) is 0 Å². The van der Waals surface area contributed by atoms with E-state index in [4.69, 9.17) is 5.11 Å². The summed E-state index contributed by atoms with van der Waals surface area (Å²) in [5, 5.41) is 8.77. The lowest BCUT2D eigenvalue weighted by atomic mass is 9.91. The first-order chi connectivity index (χ1) is 10.2. The molecule has 0 saturated carbocycles. The lowest BCUT2D eigenvalue weighted by Gasteiger charge is -2.31. The number of amides is 2. The van der Waals surface area contributed by atoms with Crippen LogP contribution in [0.1, 0.15) is 53.4 Å². The molecule has 0 aromatic rings. The van der Waals surface area contributed by atoms with Crippen LogP contribution in [0.25, 0.3) is 0 Å². The summed E-state index contributed by atoms with van der Waals surface area (Å²) in [6.07, 6.45) is 1.83. The first kappa shape index (κ1) is 18.5. The first-order valence-electron chi connectivity index (χ1n) is 7.95. The van der Waals surface area contributed by atoms with E-state index in [0.29, 0.717) is 25.9 Å². The number of hydrogen-bond donors (Lipinski definition) is 1. The minimum atomic E-state index is -0.918. The molecule has 1 aliphatic rings. The summed E-state index contributed by atoms with van der Waals surface area (Å²) >= 11 is 0. The minimum Gasteiger partial charge on any atom is -0.481 e. The Labute approximate surface area is 132 Å². The van der Waals surface area contributed by atoms with Crippen molar-refractivity contribution in [1.29, 1.82) is 0 Å². The van der Waals surface area contributed by atoms with Crippen molar-refractivity contribution in [3.8, 4) is 0 Å². The van der Waals surface area contributed by atoms with Gasteiger partial charge in [-0.1, -0.05) is 20.8 Å². The summed E-state index contributed by atoms with van der Waals surface area (Å²) in [6, 6.07) is -0.427. The summed E-state index contributed by atoms with van der Waals surface area (Å²) in [4.78, 5) is 38.9. The zero-order chi connectivity index (χ0) is 16.9. The van der Waals surface area contributed by atoms with Crippen molar-refractivity contribution in [2.45, 2.75) is 59.4 Å². The molecule has 6 nitrogen and oxygen atoms in total. The zero-order valence-electron chi connectivity index (χ0n) is 14.1. The number of carbonyl (C=O) groups is 3. The van der Waals surface area contributed by atoms with Gasteiger partial charge < -0.3 is 14.9 Å². The molecule has 1 fully saturated rings. The Kier molecular flexibility index (Phi) is 6.38. The molecule has 6 heteroatoms. The average Bonchev–Trinajstić information content (AvgIpc) is 2.85. The van der Waals surface area contributed by atoms with E-state index in [-0.39, 0.29) is 30.2 Å². The molecule has 0 radical (unpaired) electrons. The van der Waals surface area contributed by atoms with E-state index in [1.54, 1.807) is 9.80 Å². The molecule has 1 rings (SSSR count). The zero-order valence-corrected chi connectivity index (χ0v) is 14.1. The van der Waals surface area contributed by atoms with Crippen LogP contribution in [0.3, 0.4) is 0 Å². The number of carbonyl (C=O) groups excluding carboxylic acids is 2. The van der Waals surface area contributed by atoms with E-state index in [1.165, 1.54) is 0 Å². The van der Waals surface area contributed by atoms with Gasteiger partial charge in [0.05, 0.1) is 6.42 Å². The Morgan fingerprint density at radius 1 is 1.27 bits per heavy atom. The van der Waals surface area contributed by atoms with Gasteiger partial charge in [0.15, 0.2) is 0 Å². The van der Waals surface area contributed by atoms with Crippen molar-refractivity contribution in [1.82, 2.24) is 9.80 Å². The lowest BCUT2D eigenvalue weighted by molar-refractivity contribution is -0.145. The predicted molar refractivity (Wildman–Crippen MR) is 83.3 cm³/mol. The van der Waals surface area contributed by atoms with Gasteiger partial charge in [-0.05, 0) is 25.2 Å². The largest absolute Gasteiger partial charge is 0.481 e. The smallest absolute Gasteiger partial charge is 0.305 e. The number of nitrogens with zero attached hydrogens (tertiary/aromatic N) is 2. The molecule has 1 heterocycles. The number of aliphatic carboxylic acids is 1. The van der Waals surface area contributed by atoms with Crippen molar-refractivity contribution in [2.24, 2.45) is 5.41 Å². The van der Waals surface area contributed by atoms with Crippen LogP contribution in [0.5, 0.6) is 0 Å². The summed E-state index contributed by atoms with van der Waals surface area (Å²) in [7, 11) is 0. The maximum absolute atomic E-state index is 12.6. The molecule has 1 aliphatic heterocycles. The van der Waals surface area contributed by atoms with Gasteiger partial charge in [-0.3, -0.25) is 14.4 Å². The molecule has 1 N–H and O–H groups in total. The summed E-state index contributed by atoms with van der Waals surface area (Å²) in [5.74, 6) is -1.03. The summed E-state index contributed by atoms with van der Waals surface area (Å²) in [5.41, 5.74) is -0.110. The second kappa shape index (κ2) is 7.61. The van der Waals surface area contributed by atoms with Crippen molar-refractivity contribution in [3.63, 3.8) is 0 Å². The van der Waals surface area contributed by atoms with E-state index in [0.717, 1.165) is 6.42 Å². The van der Waals surface area contributed by atoms with Crippen molar-refractivity contribution < 1.29 is 19.5 Å². The normalized spacial score (nSPS) is 18.4. The highest BCUT2D eigenvalue weighted by molar-refractivity contribution is 5.88. The topological polar surface area (TPSA) is 77.9 Å². The Morgan fingerprint density at radius 2 is 1.91 bits per heavy atom. The Bertz CT molecular complexity index is 428. The Hall–Kier alpha value is -1.59. The second-order valence-corrected chi connectivity index (χ2v) is 7.04. The maximum atomic E-state index is 12.6. The van der Waals surface area contributed by atoms with Gasteiger partial charge in [-0.15, -0.1) is 0 Å². The van der Waals surface area contributed by atoms with Crippen LogP contribution in [0, 0.1) is 5.41 Å². The SMILES string of the molecule is CCN(CCC(=O)O)C(=O)C1CCCN1C(=O)CC(C)(C)C. The van der Waals surface area contributed by atoms with Gasteiger partial charge in [0.25, 0.3) is 0 Å². The molecule has 1 unspecified atom stereocenters. The molecule has 0 spiro atoms. The molecule has 126 valence electrons. The number of rotatable bonds is 6. The lowest BCUT2D eigenvalue weighted by Crippen LogP contribution is -2.48. The first-order valence-corrected chi connectivity index (χ1v) is 7.95. The van der Waals surface area contributed by atoms with Gasteiger partial charge >= 0.3 is 5.97 Å². The molecule has 0 aromatic heterocycles. The molecule has 22 heavy (non-hydrogen) atoms. The van der Waals surface area contributed by atoms with Crippen LogP contribution >= 0.6 is 0 Å². The highest BCUT2D eigenvalue weighted by Gasteiger charge is 2.37. The number of likely N-dealkylation sites (tertiary alicyclic amines) is 1. The third kappa shape index (κ3) is 5.31. The standard InChI is InChI=1S/C16H28N2O4/c1-5-17(10-8-14(20)21)15(22)12-7-6-9-18(12)13(19)11-16(2,3)4/h12H,5-11H2,1-4H3,(H,20,21). The van der Waals surface area contributed by atoms with Crippen molar-refractivity contribution >= 4 is 17.8 Å². The van der Waals surface area contributed by atoms with Crippen molar-refractivity contribution in [3.05, 3.63) is 0 Å². The molecule has 1 atom stereocenters. The number of carboxylic acid groups (broad SMARTS) is 1. The van der Waals surface area contributed by atoms with Crippen LogP contribution in [-0.4, -0.2) is 58.4 Å². The van der Waals surface area contributed by atoms with Gasteiger partial charge in [0.2, 0.25) is 11.8 Å². The number of hydrogen-bond acceptors (Lipinski definition) is 3. The van der Waals surface area contributed by atoms with E-state index >= 15 is 0 Å². The summed E-state index contributed by atoms with van der Waals surface area (Å²) in [6.45, 7) is 9.11. The average molecular weight is 312 g/mol. The van der Waals surface area contributed by atoms with Gasteiger partial charge in [0, 0.05) is 26.1 Å². The number of likely N-dealkylation sites (N-methyl/N-ethyl adjacent to an activating group) is 1. The Morgan fingerprint density at radius 3 is 2.41 bits per heavy atom. The minimum absolute atomic E-state index is 0.0117. The molecule has 0 aliphatic carbocycles. The van der Waals surface area contributed by atoms with Gasteiger partial charge in [-0.2, -0.15) is 0 Å². The fraction of sp³-hybridized carbons (Fsp3) is 0.812. The van der Waals surface area contributed by atoms with E-state index in [2.05, 4.69) is 0 Å². The third-order valence-corrected chi connectivity index (χ3v) is 3.83. The molecule has 1 saturated heterocycles. The fourth-order valence-corrected chi connectivity index (χ4v) is 2.74. The molecule has 2 amide bonds. The van der Waals surface area contributed by atoms with Gasteiger partial charge in [0.1, 0.15) is 6.04 Å². The predicted octanol–water partition coefficient (Wildman–Crippen LogP) is 1.74. The van der Waals surface area contributed by atoms with Crippen LogP contribution < -0.4 is 0 Å². The van der Waals surface area contributed by atoms with Crippen LogP contribution in [0.15, 0.2) is 0 Å². The highest BCUT2D eigenvalue weighted by Crippen LogP contribution is 2.25. The Balaban J connectivity index is 2.73. The van der Waals surface area contributed by atoms with E-state index in [9.17, 15) is 14.4 Å². The molecule has 0 bridgehead atoms. The quantitative estimate of drug-likeness (QED) is 0.810. The molecular formula is C16H28N2O4. The van der Waals surface area contributed by atoms with Crippen LogP contribution in [0.2, 0.25) is 0 Å². The van der Waals surface area contributed by atoms with E-state index < -0.39 is 12.0 Å². The molecular weight excluding hydrogens is 284 g/mol. The molecule has 0 aromatic carbocycles. The van der Waals surface area contributed by atoms with Crippen LogP contribution in [-0.2, 0) is 14.4 Å².